The third-order valence-electron chi connectivity index (χ3n) is 8.28. The molecule has 3 fully saturated rings. The van der Waals surface area contributed by atoms with Gasteiger partial charge in [0.2, 0.25) is 0 Å². The summed E-state index contributed by atoms with van der Waals surface area (Å²) in [5.74, 6) is 2.04. The minimum absolute atomic E-state index is 0.0331. The van der Waals surface area contributed by atoms with Crippen LogP contribution in [-0.2, 0) is 4.74 Å². The Labute approximate surface area is 140 Å². The Balaban J connectivity index is 1.68. The molecule has 2 unspecified atom stereocenters. The van der Waals surface area contributed by atoms with Gasteiger partial charge in [-0.15, -0.1) is 0 Å². The predicted molar refractivity (Wildman–Crippen MR) is 89.9 cm³/mol. The zero-order chi connectivity index (χ0) is 16.2. The van der Waals surface area contributed by atoms with E-state index < -0.39 is 0 Å². The second-order valence-electron chi connectivity index (χ2n) is 8.90. The molecule has 0 radical (unpaired) electrons. The van der Waals surface area contributed by atoms with Crippen LogP contribution < -0.4 is 0 Å². The smallest absolute Gasteiger partial charge is 0.0627 e. The van der Waals surface area contributed by atoms with Crippen LogP contribution >= 0.6 is 0 Å². The molecular weight excluding hydrogens is 288 g/mol. The van der Waals surface area contributed by atoms with E-state index >= 15 is 0 Å². The summed E-state index contributed by atoms with van der Waals surface area (Å²) in [7, 11) is 1.88. The molecule has 0 amide bonds. The maximum atomic E-state index is 10.4. The van der Waals surface area contributed by atoms with Crippen molar-refractivity contribution >= 4 is 0 Å². The average Bonchev–Trinajstić information content (AvgIpc) is 2.90. The zero-order valence-corrected chi connectivity index (χ0v) is 14.6. The lowest BCUT2D eigenvalue weighted by molar-refractivity contribution is -0.0965. The van der Waals surface area contributed by atoms with Gasteiger partial charge in [-0.05, 0) is 74.5 Å². The third kappa shape index (κ3) is 2.12. The van der Waals surface area contributed by atoms with Gasteiger partial charge >= 0.3 is 0 Å². The Bertz CT molecular complexity index is 501. The predicted octanol–water partition coefficient (Wildman–Crippen LogP) is 3.30. The van der Waals surface area contributed by atoms with Gasteiger partial charge in [-0.1, -0.05) is 18.6 Å². The first-order valence-electron chi connectivity index (χ1n) is 9.56. The number of hydrogen-bond acceptors (Lipinski definition) is 3. The summed E-state index contributed by atoms with van der Waals surface area (Å²) in [6, 6.07) is 0. The van der Waals surface area contributed by atoms with Crippen molar-refractivity contribution in [2.24, 2.45) is 28.6 Å². The van der Waals surface area contributed by atoms with E-state index in [4.69, 9.17) is 4.74 Å². The van der Waals surface area contributed by atoms with Crippen molar-refractivity contribution in [3.05, 3.63) is 11.6 Å². The van der Waals surface area contributed by atoms with Gasteiger partial charge in [0.1, 0.15) is 0 Å². The molecule has 3 saturated carbocycles. The molecule has 7 atom stereocenters. The van der Waals surface area contributed by atoms with Crippen molar-refractivity contribution in [2.45, 2.75) is 70.5 Å². The van der Waals surface area contributed by atoms with E-state index in [9.17, 15) is 10.2 Å². The molecule has 3 heteroatoms. The quantitative estimate of drug-likeness (QED) is 0.768. The number of allylic oxidation sites excluding steroid dienone is 1. The van der Waals surface area contributed by atoms with Gasteiger partial charge in [0.25, 0.3) is 0 Å². The molecule has 2 N–H and O–H groups in total. The van der Waals surface area contributed by atoms with E-state index in [2.05, 4.69) is 13.0 Å². The van der Waals surface area contributed by atoms with Crippen molar-refractivity contribution in [1.29, 1.82) is 0 Å². The minimum Gasteiger partial charge on any atom is -0.395 e. The van der Waals surface area contributed by atoms with E-state index in [1.165, 1.54) is 31.3 Å². The second kappa shape index (κ2) is 5.57. The second-order valence-corrected chi connectivity index (χ2v) is 8.90. The van der Waals surface area contributed by atoms with Crippen LogP contribution in [0.5, 0.6) is 0 Å². The molecule has 0 heterocycles. The summed E-state index contributed by atoms with van der Waals surface area (Å²) in [6.07, 6.45) is 11.3. The highest BCUT2D eigenvalue weighted by Crippen LogP contribution is 2.65. The molecule has 130 valence electrons. The zero-order valence-electron chi connectivity index (χ0n) is 14.6. The molecule has 0 aromatic carbocycles. The molecule has 3 nitrogen and oxygen atoms in total. The van der Waals surface area contributed by atoms with Gasteiger partial charge in [0.15, 0.2) is 0 Å². The van der Waals surface area contributed by atoms with Crippen molar-refractivity contribution < 1.29 is 14.9 Å². The summed E-state index contributed by atoms with van der Waals surface area (Å²) in [4.78, 5) is 0. The standard InChI is InChI=1S/C20H32O3/c1-19-9-8-17-15(16(19)5-6-18(19)23-2)4-3-13-11-14(22)7-10-20(13,17)12-21/h3,14-18,21-22H,4-12H2,1-2H3/t14?,15-,16-,17+,18?,19-,20+/m0/s1. The van der Waals surface area contributed by atoms with Crippen LogP contribution in [0.1, 0.15) is 58.3 Å². The fourth-order valence-corrected chi connectivity index (χ4v) is 7.07. The Morgan fingerprint density at radius 1 is 1.17 bits per heavy atom. The number of methoxy groups -OCH3 is 1. The molecule has 0 aromatic rings. The number of aliphatic hydroxyl groups is 2. The number of aliphatic hydroxyl groups excluding tert-OH is 2. The van der Waals surface area contributed by atoms with E-state index in [0.717, 1.165) is 31.6 Å². The Kier molecular flexibility index (Phi) is 3.90. The molecule has 4 aliphatic rings. The van der Waals surface area contributed by atoms with Crippen LogP contribution in [0.25, 0.3) is 0 Å². The Morgan fingerprint density at radius 3 is 2.74 bits per heavy atom. The van der Waals surface area contributed by atoms with Crippen LogP contribution in [0, 0.1) is 28.6 Å². The Morgan fingerprint density at radius 2 is 2.00 bits per heavy atom. The summed E-state index contributed by atoms with van der Waals surface area (Å²) >= 11 is 0. The third-order valence-corrected chi connectivity index (χ3v) is 8.28. The first-order chi connectivity index (χ1) is 11.0. The highest BCUT2D eigenvalue weighted by Gasteiger charge is 2.59. The Hall–Kier alpha value is -0.380. The molecule has 0 aromatic heterocycles. The largest absolute Gasteiger partial charge is 0.395 e. The highest BCUT2D eigenvalue weighted by atomic mass is 16.5. The fraction of sp³-hybridized carbons (Fsp3) is 0.900. The molecule has 0 bridgehead atoms. The fourth-order valence-electron chi connectivity index (χ4n) is 7.07. The number of hydrogen-bond donors (Lipinski definition) is 2. The van der Waals surface area contributed by atoms with Gasteiger partial charge in [0, 0.05) is 12.5 Å². The lowest BCUT2D eigenvalue weighted by Crippen LogP contribution is -2.53. The summed E-state index contributed by atoms with van der Waals surface area (Å²) in [6.45, 7) is 2.72. The molecule has 0 spiro atoms. The molecule has 4 aliphatic carbocycles. The summed E-state index contributed by atoms with van der Waals surface area (Å²) in [5, 5.41) is 20.4. The van der Waals surface area contributed by atoms with Gasteiger partial charge in [0.05, 0.1) is 18.8 Å². The van der Waals surface area contributed by atoms with Crippen molar-refractivity contribution in [2.75, 3.05) is 13.7 Å². The normalized spacial score (nSPS) is 52.3. The number of ether oxygens (including phenoxy) is 1. The van der Waals surface area contributed by atoms with Crippen LogP contribution in [0.3, 0.4) is 0 Å². The van der Waals surface area contributed by atoms with Crippen LogP contribution in [0.15, 0.2) is 11.6 Å². The van der Waals surface area contributed by atoms with Crippen LogP contribution in [0.2, 0.25) is 0 Å². The lowest BCUT2D eigenvalue weighted by Gasteiger charge is -2.58. The van der Waals surface area contributed by atoms with E-state index in [1.54, 1.807) is 0 Å². The molecule has 23 heavy (non-hydrogen) atoms. The van der Waals surface area contributed by atoms with Crippen LogP contribution in [0.4, 0.5) is 0 Å². The van der Waals surface area contributed by atoms with Gasteiger partial charge in [-0.2, -0.15) is 0 Å². The van der Waals surface area contributed by atoms with Gasteiger partial charge < -0.3 is 14.9 Å². The van der Waals surface area contributed by atoms with Crippen molar-refractivity contribution in [3.8, 4) is 0 Å². The maximum Gasteiger partial charge on any atom is 0.0627 e. The van der Waals surface area contributed by atoms with E-state index in [1.807, 2.05) is 7.11 Å². The minimum atomic E-state index is -0.198. The molecule has 0 aliphatic heterocycles. The van der Waals surface area contributed by atoms with E-state index in [0.29, 0.717) is 23.4 Å². The molecule has 4 rings (SSSR count). The van der Waals surface area contributed by atoms with Crippen LogP contribution in [-0.4, -0.2) is 36.1 Å². The van der Waals surface area contributed by atoms with E-state index in [-0.39, 0.29) is 18.1 Å². The first kappa shape index (κ1) is 16.1. The maximum absolute atomic E-state index is 10.4. The van der Waals surface area contributed by atoms with Crippen molar-refractivity contribution in [1.82, 2.24) is 0 Å². The molecule has 0 saturated heterocycles. The number of rotatable bonds is 2. The van der Waals surface area contributed by atoms with Gasteiger partial charge in [-0.25, -0.2) is 0 Å². The summed E-state index contributed by atoms with van der Waals surface area (Å²) in [5.41, 5.74) is 1.66. The SMILES string of the molecule is COC1CC[C@H]2[C@@H]3CC=C4CC(O)CC[C@]4(CO)[C@@H]3CC[C@]12C. The average molecular weight is 320 g/mol. The van der Waals surface area contributed by atoms with Gasteiger partial charge in [-0.3, -0.25) is 0 Å². The monoisotopic (exact) mass is 320 g/mol. The van der Waals surface area contributed by atoms with Crippen molar-refractivity contribution in [3.63, 3.8) is 0 Å². The lowest BCUT2D eigenvalue weighted by atomic mass is 9.47. The highest BCUT2D eigenvalue weighted by molar-refractivity contribution is 5.26. The topological polar surface area (TPSA) is 49.7 Å². The molecular formula is C20H32O3. The summed E-state index contributed by atoms with van der Waals surface area (Å²) < 4.78 is 5.84. The number of fused-ring (bicyclic) bond motifs is 5. The first-order valence-corrected chi connectivity index (χ1v) is 9.56.